The first-order valence-corrected chi connectivity index (χ1v) is 15.7. The Balaban J connectivity index is 4.05. The van der Waals surface area contributed by atoms with Gasteiger partial charge in [-0.05, 0) is 6.42 Å². The molecule has 37 heavy (non-hydrogen) atoms. The number of unbranched alkanes of at least 4 members (excludes halogenated alkanes) is 12. The molecule has 0 aromatic carbocycles. The molecule has 220 valence electrons. The van der Waals surface area contributed by atoms with E-state index in [0.717, 1.165) is 19.3 Å². The summed E-state index contributed by atoms with van der Waals surface area (Å²) >= 11 is 0. The molecule has 0 saturated heterocycles. The summed E-state index contributed by atoms with van der Waals surface area (Å²) in [5, 5.41) is 0. The van der Waals surface area contributed by atoms with Crippen molar-refractivity contribution >= 4 is 19.8 Å². The van der Waals surface area contributed by atoms with Gasteiger partial charge in [0.15, 0.2) is 6.10 Å². The van der Waals surface area contributed by atoms with E-state index in [2.05, 4.69) is 6.92 Å². The van der Waals surface area contributed by atoms with E-state index < -0.39 is 32.5 Å². The molecule has 0 heterocycles. The summed E-state index contributed by atoms with van der Waals surface area (Å²) in [6, 6.07) is 0. The molecule has 0 radical (unpaired) electrons. The number of phosphoric ester groups is 1. The third kappa shape index (κ3) is 25.1. The number of esters is 2. The van der Waals surface area contributed by atoms with Crippen LogP contribution in [0.3, 0.4) is 0 Å². The van der Waals surface area contributed by atoms with Crippen molar-refractivity contribution in [2.75, 3.05) is 47.5 Å². The van der Waals surface area contributed by atoms with Crippen LogP contribution in [0, 0.1) is 0 Å². The number of nitrogens with zero attached hydrogens (tertiary/aromatic N) is 1. The largest absolute Gasteiger partial charge is 0.756 e. The molecule has 0 aromatic rings. The fraction of sp³-hybridized carbons (Fsp3) is 0.926. The lowest BCUT2D eigenvalue weighted by molar-refractivity contribution is -0.870. The quantitative estimate of drug-likeness (QED) is 0.0629. The third-order valence-corrected chi connectivity index (χ3v) is 6.90. The molecule has 0 aliphatic rings. The molecule has 0 N–H and O–H groups in total. The Kier molecular flexibility index (Phi) is 21.3. The average molecular weight is 552 g/mol. The third-order valence-electron chi connectivity index (χ3n) is 5.93. The number of ether oxygens (including phenoxy) is 2. The molecule has 2 atom stereocenters. The number of carbonyl (C=O) groups excluding carboxylic acids is 2. The first-order valence-electron chi connectivity index (χ1n) is 14.2. The van der Waals surface area contributed by atoms with Gasteiger partial charge in [-0.25, -0.2) is 0 Å². The minimum atomic E-state index is -4.57. The highest BCUT2D eigenvalue weighted by atomic mass is 31.2. The van der Waals surface area contributed by atoms with Gasteiger partial charge in [0.1, 0.15) is 19.8 Å². The van der Waals surface area contributed by atoms with Crippen molar-refractivity contribution in [1.82, 2.24) is 0 Å². The highest BCUT2D eigenvalue weighted by molar-refractivity contribution is 7.45. The number of rotatable bonds is 25. The van der Waals surface area contributed by atoms with E-state index in [1.807, 2.05) is 21.1 Å². The first-order chi connectivity index (χ1) is 17.5. The van der Waals surface area contributed by atoms with Crippen molar-refractivity contribution in [3.63, 3.8) is 0 Å². The predicted molar refractivity (Wildman–Crippen MR) is 144 cm³/mol. The normalized spacial score (nSPS) is 14.2. The van der Waals surface area contributed by atoms with E-state index in [9.17, 15) is 19.0 Å². The fourth-order valence-electron chi connectivity index (χ4n) is 3.57. The molecule has 0 rings (SSSR count). The number of hydrogen-bond acceptors (Lipinski definition) is 8. The van der Waals surface area contributed by atoms with Crippen LogP contribution in [-0.2, 0) is 32.7 Å². The van der Waals surface area contributed by atoms with Crippen molar-refractivity contribution in [2.45, 2.75) is 116 Å². The minimum absolute atomic E-state index is 0.0300. The second-order valence-electron chi connectivity index (χ2n) is 10.7. The number of phosphoric acid groups is 1. The van der Waals surface area contributed by atoms with E-state index in [4.69, 9.17) is 18.5 Å². The van der Waals surface area contributed by atoms with Crippen LogP contribution in [-0.4, -0.2) is 70.0 Å². The van der Waals surface area contributed by atoms with E-state index in [-0.39, 0.29) is 26.1 Å². The van der Waals surface area contributed by atoms with Crippen molar-refractivity contribution in [2.24, 2.45) is 0 Å². The lowest BCUT2D eigenvalue weighted by Gasteiger charge is -2.28. The Bertz CT molecular complexity index is 638. The van der Waals surface area contributed by atoms with Crippen LogP contribution in [0.4, 0.5) is 0 Å². The standard InChI is InChI=1S/C27H54NO8P/c1-6-8-9-10-11-12-13-14-15-16-17-18-19-20-27(30)33-23-25(36-26(29)7-2)24-35-37(31,32)34-22-21-28(3,4)5/h25H,6-24H2,1-5H3/t25-/m1/s1. The van der Waals surface area contributed by atoms with E-state index in [0.29, 0.717) is 11.0 Å². The molecule has 0 amide bonds. The highest BCUT2D eigenvalue weighted by Gasteiger charge is 2.21. The van der Waals surface area contributed by atoms with Gasteiger partial charge in [-0.3, -0.25) is 14.2 Å². The van der Waals surface area contributed by atoms with Gasteiger partial charge in [-0.15, -0.1) is 0 Å². The molecule has 0 aromatic heterocycles. The summed E-state index contributed by atoms with van der Waals surface area (Å²) in [4.78, 5) is 35.8. The summed E-state index contributed by atoms with van der Waals surface area (Å²) in [6.45, 7) is 3.57. The van der Waals surface area contributed by atoms with Crippen molar-refractivity contribution < 1.29 is 42.1 Å². The molecule has 0 saturated carbocycles. The number of carbonyl (C=O) groups is 2. The van der Waals surface area contributed by atoms with Gasteiger partial charge in [-0.1, -0.05) is 90.9 Å². The molecule has 9 nitrogen and oxygen atoms in total. The molecular weight excluding hydrogens is 497 g/mol. The van der Waals surface area contributed by atoms with Gasteiger partial charge < -0.3 is 27.9 Å². The van der Waals surface area contributed by atoms with Crippen LogP contribution < -0.4 is 4.89 Å². The van der Waals surface area contributed by atoms with Crippen LogP contribution in [0.5, 0.6) is 0 Å². The second-order valence-corrected chi connectivity index (χ2v) is 12.1. The first kappa shape index (κ1) is 36.0. The van der Waals surface area contributed by atoms with Gasteiger partial charge in [0.05, 0.1) is 27.7 Å². The topological polar surface area (TPSA) is 111 Å². The lowest BCUT2D eigenvalue weighted by atomic mass is 10.0. The van der Waals surface area contributed by atoms with Crippen LogP contribution >= 0.6 is 7.82 Å². The molecular formula is C27H54NO8P. The Morgan fingerprint density at radius 2 is 1.27 bits per heavy atom. The average Bonchev–Trinajstić information content (AvgIpc) is 2.82. The van der Waals surface area contributed by atoms with Gasteiger partial charge >= 0.3 is 11.9 Å². The molecule has 10 heteroatoms. The zero-order valence-corrected chi connectivity index (χ0v) is 25.1. The Morgan fingerprint density at radius 1 is 0.757 bits per heavy atom. The van der Waals surface area contributed by atoms with E-state index in [1.54, 1.807) is 6.92 Å². The summed E-state index contributed by atoms with van der Waals surface area (Å²) < 4.78 is 32.6. The molecule has 0 spiro atoms. The van der Waals surface area contributed by atoms with Crippen molar-refractivity contribution in [1.29, 1.82) is 0 Å². The fourth-order valence-corrected chi connectivity index (χ4v) is 4.30. The monoisotopic (exact) mass is 551 g/mol. The van der Waals surface area contributed by atoms with Gasteiger partial charge in [0, 0.05) is 12.8 Å². The Morgan fingerprint density at radius 3 is 1.76 bits per heavy atom. The van der Waals surface area contributed by atoms with Crippen LogP contribution in [0.25, 0.3) is 0 Å². The van der Waals surface area contributed by atoms with E-state index >= 15 is 0 Å². The maximum atomic E-state index is 12.1. The maximum absolute atomic E-state index is 12.1. The van der Waals surface area contributed by atoms with Crippen molar-refractivity contribution in [3.8, 4) is 0 Å². The maximum Gasteiger partial charge on any atom is 0.305 e. The molecule has 0 bridgehead atoms. The highest BCUT2D eigenvalue weighted by Crippen LogP contribution is 2.38. The smallest absolute Gasteiger partial charge is 0.305 e. The predicted octanol–water partition coefficient (Wildman–Crippen LogP) is 5.54. The van der Waals surface area contributed by atoms with Gasteiger partial charge in [-0.2, -0.15) is 0 Å². The summed E-state index contributed by atoms with van der Waals surface area (Å²) in [5.41, 5.74) is 0. The Labute approximate surface area is 225 Å². The van der Waals surface area contributed by atoms with E-state index in [1.165, 1.54) is 64.2 Å². The Hall–Kier alpha value is -0.990. The number of likely N-dealkylation sites (N-methyl/N-ethyl adjacent to an activating group) is 1. The van der Waals surface area contributed by atoms with Crippen molar-refractivity contribution in [3.05, 3.63) is 0 Å². The number of hydrogen-bond donors (Lipinski definition) is 0. The van der Waals surface area contributed by atoms with Gasteiger partial charge in [0.25, 0.3) is 7.82 Å². The van der Waals surface area contributed by atoms with Crippen LogP contribution in [0.2, 0.25) is 0 Å². The second kappa shape index (κ2) is 21.9. The summed E-state index contributed by atoms with van der Waals surface area (Å²) in [5.74, 6) is -0.932. The lowest BCUT2D eigenvalue weighted by Crippen LogP contribution is -2.37. The molecule has 0 aliphatic carbocycles. The van der Waals surface area contributed by atoms with Gasteiger partial charge in [0.2, 0.25) is 0 Å². The SMILES string of the molecule is CCCCCCCCCCCCCCCC(=O)OC[C@H](COP(=O)([O-])OCC[N+](C)(C)C)OC(=O)CC. The van der Waals surface area contributed by atoms with Crippen LogP contribution in [0.1, 0.15) is 110 Å². The summed E-state index contributed by atoms with van der Waals surface area (Å²) in [6.07, 6.45) is 15.3. The van der Waals surface area contributed by atoms with Crippen LogP contribution in [0.15, 0.2) is 0 Å². The number of quaternary nitrogens is 1. The molecule has 0 fully saturated rings. The molecule has 1 unspecified atom stereocenters. The zero-order valence-electron chi connectivity index (χ0n) is 24.2. The summed E-state index contributed by atoms with van der Waals surface area (Å²) in [7, 11) is 1.16. The molecule has 0 aliphatic heterocycles. The zero-order chi connectivity index (χ0) is 28.0. The minimum Gasteiger partial charge on any atom is -0.756 e.